The Labute approximate surface area is 122 Å². The van der Waals surface area contributed by atoms with Crippen molar-refractivity contribution < 1.29 is 18.5 Å². The number of nitro benzene ring substituents is 1. The lowest BCUT2D eigenvalue weighted by Crippen LogP contribution is -2.16. The quantitative estimate of drug-likeness (QED) is 0.506. The van der Waals surface area contributed by atoms with E-state index in [4.69, 9.17) is 13.6 Å². The van der Waals surface area contributed by atoms with E-state index in [1.54, 1.807) is 0 Å². The van der Waals surface area contributed by atoms with E-state index < -0.39 is 10.7 Å². The minimum absolute atomic E-state index is 0.0471. The SMILES string of the molecule is COCc1nn(Cc2nc3cc([N+](=O)[O-])ccc3o2)c(=O)o1. The van der Waals surface area contributed by atoms with Crippen molar-refractivity contribution in [1.29, 1.82) is 0 Å². The molecule has 0 saturated heterocycles. The summed E-state index contributed by atoms with van der Waals surface area (Å²) in [6.07, 6.45) is 0. The van der Waals surface area contributed by atoms with Crippen LogP contribution in [0.1, 0.15) is 11.8 Å². The van der Waals surface area contributed by atoms with E-state index in [2.05, 4.69) is 10.1 Å². The standard InChI is InChI=1S/C12H10N4O6/c1-20-6-11-14-15(12(17)22-11)5-10-13-8-4-7(16(18)19)2-3-9(8)21-10/h2-4H,5-6H2,1H3. The first kappa shape index (κ1) is 13.9. The number of nitro groups is 1. The van der Waals surface area contributed by atoms with Crippen LogP contribution in [0.5, 0.6) is 0 Å². The number of hydrogen-bond donors (Lipinski definition) is 0. The molecule has 10 nitrogen and oxygen atoms in total. The number of non-ortho nitro benzene ring substituents is 1. The molecule has 1 aromatic carbocycles. The Hall–Kier alpha value is -3.01. The van der Waals surface area contributed by atoms with Gasteiger partial charge in [0.05, 0.1) is 4.92 Å². The molecule has 3 rings (SSSR count). The van der Waals surface area contributed by atoms with Crippen molar-refractivity contribution in [3.8, 4) is 0 Å². The van der Waals surface area contributed by atoms with Crippen LogP contribution in [0.25, 0.3) is 11.1 Å². The van der Waals surface area contributed by atoms with Gasteiger partial charge in [0, 0.05) is 19.2 Å². The largest absolute Gasteiger partial charge is 0.439 e. The van der Waals surface area contributed by atoms with Crippen LogP contribution >= 0.6 is 0 Å². The number of ether oxygens (including phenoxy) is 1. The summed E-state index contributed by atoms with van der Waals surface area (Å²) in [5, 5.41) is 14.6. The van der Waals surface area contributed by atoms with Gasteiger partial charge in [-0.1, -0.05) is 0 Å². The van der Waals surface area contributed by atoms with Crippen LogP contribution in [0.3, 0.4) is 0 Å². The fraction of sp³-hybridized carbons (Fsp3) is 0.250. The van der Waals surface area contributed by atoms with Crippen molar-refractivity contribution in [1.82, 2.24) is 14.8 Å². The second kappa shape index (κ2) is 5.41. The third-order valence-electron chi connectivity index (χ3n) is 2.83. The number of hydrogen-bond acceptors (Lipinski definition) is 8. The lowest BCUT2D eigenvalue weighted by Gasteiger charge is -1.92. The molecule has 0 amide bonds. The normalized spacial score (nSPS) is 11.1. The number of benzene rings is 1. The van der Waals surface area contributed by atoms with Crippen LogP contribution in [0.2, 0.25) is 0 Å². The van der Waals surface area contributed by atoms with E-state index in [9.17, 15) is 14.9 Å². The molecule has 0 aliphatic rings. The van der Waals surface area contributed by atoms with Crippen molar-refractivity contribution in [3.05, 3.63) is 50.6 Å². The Morgan fingerprint density at radius 3 is 2.91 bits per heavy atom. The third-order valence-corrected chi connectivity index (χ3v) is 2.83. The van der Waals surface area contributed by atoms with Gasteiger partial charge in [0.25, 0.3) is 5.69 Å². The lowest BCUT2D eigenvalue weighted by molar-refractivity contribution is -0.384. The molecule has 114 valence electrons. The zero-order valence-electron chi connectivity index (χ0n) is 11.4. The predicted octanol–water partition coefficient (Wildman–Crippen LogP) is 1.08. The Morgan fingerprint density at radius 2 is 2.18 bits per heavy atom. The number of fused-ring (bicyclic) bond motifs is 1. The molecule has 0 aliphatic carbocycles. The minimum Gasteiger partial charge on any atom is -0.439 e. The van der Waals surface area contributed by atoms with E-state index in [0.717, 1.165) is 4.68 Å². The van der Waals surface area contributed by atoms with E-state index in [1.165, 1.54) is 25.3 Å². The lowest BCUT2D eigenvalue weighted by atomic mass is 10.3. The molecule has 0 fully saturated rings. The van der Waals surface area contributed by atoms with Crippen molar-refractivity contribution in [2.24, 2.45) is 0 Å². The molecule has 0 aliphatic heterocycles. The Morgan fingerprint density at radius 1 is 1.36 bits per heavy atom. The van der Waals surface area contributed by atoms with Crippen molar-refractivity contribution in [2.75, 3.05) is 7.11 Å². The van der Waals surface area contributed by atoms with Gasteiger partial charge in [-0.15, -0.1) is 5.10 Å². The van der Waals surface area contributed by atoms with E-state index in [0.29, 0.717) is 11.1 Å². The highest BCUT2D eigenvalue weighted by Gasteiger charge is 2.14. The Balaban J connectivity index is 1.90. The van der Waals surface area contributed by atoms with Crippen LogP contribution < -0.4 is 5.76 Å². The highest BCUT2D eigenvalue weighted by Crippen LogP contribution is 2.21. The summed E-state index contributed by atoms with van der Waals surface area (Å²) >= 11 is 0. The molecule has 0 saturated carbocycles. The van der Waals surface area contributed by atoms with Gasteiger partial charge in [0.2, 0.25) is 11.8 Å². The molecule has 2 heterocycles. The fourth-order valence-electron chi connectivity index (χ4n) is 1.90. The summed E-state index contributed by atoms with van der Waals surface area (Å²) in [6, 6.07) is 4.06. The first-order chi connectivity index (χ1) is 10.6. The van der Waals surface area contributed by atoms with Gasteiger partial charge in [-0.05, 0) is 6.07 Å². The van der Waals surface area contributed by atoms with Crippen LogP contribution in [-0.4, -0.2) is 26.8 Å². The molecule has 22 heavy (non-hydrogen) atoms. The number of aromatic nitrogens is 3. The summed E-state index contributed by atoms with van der Waals surface area (Å²) in [4.78, 5) is 25.9. The van der Waals surface area contributed by atoms with Gasteiger partial charge in [0.1, 0.15) is 18.7 Å². The number of nitrogens with zero attached hydrogens (tertiary/aromatic N) is 4. The smallest absolute Gasteiger partial charge is 0.437 e. The van der Waals surface area contributed by atoms with Gasteiger partial charge >= 0.3 is 5.76 Å². The van der Waals surface area contributed by atoms with Gasteiger partial charge < -0.3 is 13.6 Å². The molecular weight excluding hydrogens is 296 g/mol. The van der Waals surface area contributed by atoms with Crippen LogP contribution in [0.15, 0.2) is 31.8 Å². The zero-order valence-corrected chi connectivity index (χ0v) is 11.4. The first-order valence-corrected chi connectivity index (χ1v) is 6.16. The van der Waals surface area contributed by atoms with Crippen molar-refractivity contribution in [2.45, 2.75) is 13.2 Å². The maximum Gasteiger partial charge on any atom is 0.437 e. The molecule has 2 aromatic heterocycles. The molecule has 0 radical (unpaired) electrons. The van der Waals surface area contributed by atoms with Gasteiger partial charge in [-0.2, -0.15) is 4.68 Å². The molecule has 0 unspecified atom stereocenters. The summed E-state index contributed by atoms with van der Waals surface area (Å²) in [7, 11) is 1.45. The molecule has 0 bridgehead atoms. The van der Waals surface area contributed by atoms with Crippen LogP contribution in [-0.2, 0) is 17.9 Å². The van der Waals surface area contributed by atoms with E-state index in [1.807, 2.05) is 0 Å². The number of oxazole rings is 1. The monoisotopic (exact) mass is 306 g/mol. The number of methoxy groups -OCH3 is 1. The molecule has 10 heteroatoms. The Kier molecular flexibility index (Phi) is 3.43. The summed E-state index contributed by atoms with van der Waals surface area (Å²) in [5.74, 6) is -0.339. The topological polar surface area (TPSA) is 126 Å². The minimum atomic E-state index is -0.666. The second-order valence-corrected chi connectivity index (χ2v) is 4.37. The average molecular weight is 306 g/mol. The fourth-order valence-corrected chi connectivity index (χ4v) is 1.90. The van der Waals surface area contributed by atoms with Crippen molar-refractivity contribution >= 4 is 16.8 Å². The highest BCUT2D eigenvalue weighted by molar-refractivity contribution is 5.75. The average Bonchev–Trinajstić information content (AvgIpc) is 3.02. The van der Waals surface area contributed by atoms with Crippen LogP contribution in [0.4, 0.5) is 5.69 Å². The van der Waals surface area contributed by atoms with Gasteiger partial charge in [-0.3, -0.25) is 10.1 Å². The maximum atomic E-state index is 11.6. The molecule has 0 atom stereocenters. The zero-order chi connectivity index (χ0) is 15.7. The number of rotatable bonds is 5. The maximum absolute atomic E-state index is 11.6. The highest BCUT2D eigenvalue weighted by atomic mass is 16.6. The van der Waals surface area contributed by atoms with Crippen LogP contribution in [0, 0.1) is 10.1 Å². The predicted molar refractivity (Wildman–Crippen MR) is 71.2 cm³/mol. The molecule has 0 spiro atoms. The molecule has 3 aromatic rings. The van der Waals surface area contributed by atoms with E-state index >= 15 is 0 Å². The first-order valence-electron chi connectivity index (χ1n) is 6.16. The third kappa shape index (κ3) is 2.59. The summed E-state index contributed by atoms with van der Waals surface area (Å²) in [5.41, 5.74) is 0.625. The second-order valence-electron chi connectivity index (χ2n) is 4.37. The van der Waals surface area contributed by atoms with E-state index in [-0.39, 0.29) is 30.6 Å². The molecular formula is C12H10N4O6. The Bertz CT molecular complexity index is 893. The van der Waals surface area contributed by atoms with Gasteiger partial charge in [0.15, 0.2) is 5.58 Å². The summed E-state index contributed by atoms with van der Waals surface area (Å²) in [6.45, 7) is 0.0243. The summed E-state index contributed by atoms with van der Waals surface area (Å²) < 4.78 is 16.1. The van der Waals surface area contributed by atoms with Crippen molar-refractivity contribution in [3.63, 3.8) is 0 Å². The molecule has 0 N–H and O–H groups in total. The van der Waals surface area contributed by atoms with Gasteiger partial charge in [-0.25, -0.2) is 9.78 Å².